The van der Waals surface area contributed by atoms with Crippen molar-refractivity contribution in [1.29, 1.82) is 0 Å². The molecular formula is C67H43N3O2. The maximum Gasteiger partial charge on any atom is 0.159 e. The van der Waals surface area contributed by atoms with Crippen molar-refractivity contribution in [3.05, 3.63) is 283 Å². The Labute approximate surface area is 416 Å². The molecular weight excluding hydrogens is 879 g/mol. The van der Waals surface area contributed by atoms with Crippen LogP contribution in [-0.2, 0) is 5.41 Å². The summed E-state index contributed by atoms with van der Waals surface area (Å²) in [5, 5.41) is 4.36. The van der Waals surface area contributed by atoms with Crippen molar-refractivity contribution in [3.63, 3.8) is 0 Å². The third kappa shape index (κ3) is 5.76. The van der Waals surface area contributed by atoms with Crippen LogP contribution in [0.4, 0.5) is 51.2 Å². The summed E-state index contributed by atoms with van der Waals surface area (Å²) in [6.07, 6.45) is 0. The Morgan fingerprint density at radius 3 is 1.19 bits per heavy atom. The zero-order valence-electron chi connectivity index (χ0n) is 39.0. The summed E-state index contributed by atoms with van der Waals surface area (Å²) < 4.78 is 13.6. The van der Waals surface area contributed by atoms with E-state index >= 15 is 0 Å². The number of benzene rings is 11. The highest BCUT2D eigenvalue weighted by molar-refractivity contribution is 6.12. The molecule has 0 fully saturated rings. The zero-order chi connectivity index (χ0) is 47.3. The topological polar surface area (TPSA) is 36.0 Å². The Balaban J connectivity index is 1.03. The van der Waals surface area contributed by atoms with Crippen LogP contribution in [0, 0.1) is 0 Å². The van der Waals surface area contributed by atoms with Gasteiger partial charge < -0.3 is 23.5 Å². The predicted molar refractivity (Wildman–Crippen MR) is 296 cm³/mol. The second-order valence-corrected chi connectivity index (χ2v) is 18.8. The summed E-state index contributed by atoms with van der Waals surface area (Å²) >= 11 is 0. The molecule has 15 rings (SSSR count). The zero-order valence-corrected chi connectivity index (χ0v) is 39.0. The van der Waals surface area contributed by atoms with Crippen LogP contribution in [0.5, 0.6) is 0 Å². The molecule has 0 saturated carbocycles. The van der Waals surface area contributed by atoms with Gasteiger partial charge in [0.05, 0.1) is 28.2 Å². The predicted octanol–water partition coefficient (Wildman–Crippen LogP) is 18.6. The first-order valence-corrected chi connectivity index (χ1v) is 24.6. The van der Waals surface area contributed by atoms with Gasteiger partial charge in [0.25, 0.3) is 0 Å². The lowest BCUT2D eigenvalue weighted by molar-refractivity contribution is 0.668. The minimum absolute atomic E-state index is 0.767. The molecule has 5 heteroatoms. The lowest BCUT2D eigenvalue weighted by atomic mass is 9.64. The van der Waals surface area contributed by atoms with Crippen LogP contribution < -0.4 is 14.7 Å². The van der Waals surface area contributed by atoms with Crippen LogP contribution in [0.1, 0.15) is 22.3 Å². The molecule has 0 N–H and O–H groups in total. The summed E-state index contributed by atoms with van der Waals surface area (Å²) in [5.41, 5.74) is 19.3. The van der Waals surface area contributed by atoms with Crippen LogP contribution >= 0.6 is 0 Å². The largest absolute Gasteiger partial charge is 0.454 e. The normalized spacial score (nSPS) is 13.1. The van der Waals surface area contributed by atoms with Gasteiger partial charge in [0, 0.05) is 50.0 Å². The van der Waals surface area contributed by atoms with Gasteiger partial charge in [-0.2, -0.15) is 0 Å². The number of rotatable bonds is 7. The van der Waals surface area contributed by atoms with E-state index in [-0.39, 0.29) is 0 Å². The SMILES string of the molecule is c1ccc(N2c3ccccc3C3(c4cc(N(c5ccccc5)c5cccc6c5oc5ccccc56)ccc4-c4ccc(N(c5ccccc5)c5cccc6c5oc5ccccc56)cc43)c3ccccc32)cc1. The van der Waals surface area contributed by atoms with E-state index in [4.69, 9.17) is 8.83 Å². The van der Waals surface area contributed by atoms with Crippen LogP contribution in [0.2, 0.25) is 0 Å². The highest BCUT2D eigenvalue weighted by atomic mass is 16.3. The fourth-order valence-electron chi connectivity index (χ4n) is 12.1. The number of para-hydroxylation sites is 9. The Kier molecular flexibility index (Phi) is 8.80. The van der Waals surface area contributed by atoms with Crippen molar-refractivity contribution in [2.45, 2.75) is 5.41 Å². The number of fused-ring (bicyclic) bond motifs is 15. The van der Waals surface area contributed by atoms with Gasteiger partial charge in [0.15, 0.2) is 11.2 Å². The number of hydrogen-bond acceptors (Lipinski definition) is 5. The highest BCUT2D eigenvalue weighted by Gasteiger charge is 2.52. The first-order valence-electron chi connectivity index (χ1n) is 24.6. The molecule has 1 aliphatic heterocycles. The van der Waals surface area contributed by atoms with E-state index in [1.54, 1.807) is 0 Å². The minimum atomic E-state index is -0.767. The average Bonchev–Trinajstić information content (AvgIpc) is 4.11. The van der Waals surface area contributed by atoms with E-state index in [0.29, 0.717) is 0 Å². The van der Waals surface area contributed by atoms with Crippen LogP contribution in [0.15, 0.2) is 270 Å². The second-order valence-electron chi connectivity index (χ2n) is 18.8. The van der Waals surface area contributed by atoms with Crippen LogP contribution in [-0.4, -0.2) is 0 Å². The Morgan fingerprint density at radius 1 is 0.306 bits per heavy atom. The van der Waals surface area contributed by atoms with Gasteiger partial charge in [0.1, 0.15) is 11.2 Å². The molecule has 2 aromatic heterocycles. The molecule has 2 aliphatic rings. The number of hydrogen-bond donors (Lipinski definition) is 0. The summed E-state index contributed by atoms with van der Waals surface area (Å²) in [6.45, 7) is 0. The van der Waals surface area contributed by atoms with E-state index in [1.807, 2.05) is 12.1 Å². The molecule has 1 aliphatic carbocycles. The summed E-state index contributed by atoms with van der Waals surface area (Å²) in [6, 6.07) is 94.1. The van der Waals surface area contributed by atoms with Gasteiger partial charge in [0.2, 0.25) is 0 Å². The fourth-order valence-corrected chi connectivity index (χ4v) is 12.1. The molecule has 0 saturated heterocycles. The summed E-state index contributed by atoms with van der Waals surface area (Å²) in [5.74, 6) is 0. The molecule has 0 unspecified atom stereocenters. The quantitative estimate of drug-likeness (QED) is 0.159. The van der Waals surface area contributed by atoms with Gasteiger partial charge in [-0.05, 0) is 130 Å². The van der Waals surface area contributed by atoms with E-state index < -0.39 is 5.41 Å². The van der Waals surface area contributed by atoms with Crippen LogP contribution in [0.25, 0.3) is 55.0 Å². The Bertz CT molecular complexity index is 4000. The Morgan fingerprint density at radius 2 is 0.708 bits per heavy atom. The van der Waals surface area contributed by atoms with Gasteiger partial charge in [-0.1, -0.05) is 164 Å². The van der Waals surface area contributed by atoms with Crippen molar-refractivity contribution in [2.75, 3.05) is 14.7 Å². The van der Waals surface area contributed by atoms with E-state index in [9.17, 15) is 0 Å². The second kappa shape index (κ2) is 15.7. The van der Waals surface area contributed by atoms with Crippen molar-refractivity contribution in [2.24, 2.45) is 0 Å². The summed E-state index contributed by atoms with van der Waals surface area (Å²) in [4.78, 5) is 7.18. The smallest absolute Gasteiger partial charge is 0.159 e. The molecule has 338 valence electrons. The van der Waals surface area contributed by atoms with Gasteiger partial charge in [-0.15, -0.1) is 0 Å². The maximum atomic E-state index is 6.80. The lowest BCUT2D eigenvalue weighted by Crippen LogP contribution is -2.36. The third-order valence-corrected chi connectivity index (χ3v) is 15.0. The number of nitrogens with zero attached hydrogens (tertiary/aromatic N) is 3. The molecule has 13 aromatic rings. The van der Waals surface area contributed by atoms with Crippen LogP contribution in [0.3, 0.4) is 0 Å². The molecule has 1 spiro atoms. The molecule has 3 heterocycles. The van der Waals surface area contributed by atoms with Gasteiger partial charge >= 0.3 is 0 Å². The molecule has 0 radical (unpaired) electrons. The van der Waals surface area contributed by atoms with Crippen molar-refractivity contribution >= 4 is 95.1 Å². The highest BCUT2D eigenvalue weighted by Crippen LogP contribution is 2.65. The molecule has 5 nitrogen and oxygen atoms in total. The lowest BCUT2D eigenvalue weighted by Gasteiger charge is -2.45. The van der Waals surface area contributed by atoms with Crippen molar-refractivity contribution < 1.29 is 8.83 Å². The average molecular weight is 922 g/mol. The van der Waals surface area contributed by atoms with Crippen molar-refractivity contribution in [3.8, 4) is 11.1 Å². The number of furan rings is 2. The molecule has 0 atom stereocenters. The van der Waals surface area contributed by atoms with Gasteiger partial charge in [-0.25, -0.2) is 0 Å². The van der Waals surface area contributed by atoms with E-state index in [1.165, 1.54) is 33.4 Å². The molecule has 0 bridgehead atoms. The van der Waals surface area contributed by atoms with E-state index in [0.717, 1.165) is 95.1 Å². The minimum Gasteiger partial charge on any atom is -0.454 e. The van der Waals surface area contributed by atoms with E-state index in [2.05, 4.69) is 263 Å². The number of anilines is 9. The fraction of sp³-hybridized carbons (Fsp3) is 0.0149. The monoisotopic (exact) mass is 921 g/mol. The molecule has 72 heavy (non-hydrogen) atoms. The van der Waals surface area contributed by atoms with Gasteiger partial charge in [-0.3, -0.25) is 0 Å². The summed E-state index contributed by atoms with van der Waals surface area (Å²) in [7, 11) is 0. The first-order chi connectivity index (χ1) is 35.7. The standard InChI is InChI=1S/C67H43N3O2/c1-4-20-44(21-5-1)68(61-34-18-28-53-51-26-10-16-36-63(51)71-65(53)61)47-38-40-49-50-41-39-48(69(45-22-6-2-7-23-45)62-35-19-29-54-52-27-11-17-37-64(52)72-66(54)62)43-58(50)67(57(49)42-47)55-30-12-14-32-59(55)70(46-24-8-3-9-25-46)60-33-15-13-31-56(60)67/h1-43H. The molecule has 0 amide bonds. The maximum absolute atomic E-state index is 6.80. The third-order valence-electron chi connectivity index (χ3n) is 15.0. The molecule has 11 aromatic carbocycles. The first kappa shape index (κ1) is 40.3. The Hall–Kier alpha value is -9.58. The van der Waals surface area contributed by atoms with Crippen molar-refractivity contribution in [1.82, 2.24) is 0 Å².